The highest BCUT2D eigenvalue weighted by Gasteiger charge is 2.23. The van der Waals surface area contributed by atoms with E-state index in [2.05, 4.69) is 17.2 Å². The number of hydrogen-bond donors (Lipinski definition) is 1. The van der Waals surface area contributed by atoms with E-state index >= 15 is 0 Å². The summed E-state index contributed by atoms with van der Waals surface area (Å²) in [6.45, 7) is 4.12. The van der Waals surface area contributed by atoms with Crippen LogP contribution in [-0.4, -0.2) is 30.4 Å². The molecule has 1 N–H and O–H groups in total. The Bertz CT molecular complexity index is 434. The van der Waals surface area contributed by atoms with Gasteiger partial charge in [-0.2, -0.15) is 0 Å². The van der Waals surface area contributed by atoms with Crippen LogP contribution in [0.5, 0.6) is 0 Å². The smallest absolute Gasteiger partial charge is 0.323 e. The number of carbonyl (C=O) groups excluding carboxylic acids is 2. The summed E-state index contributed by atoms with van der Waals surface area (Å²) in [5, 5.41) is 2.63. The molecule has 0 aliphatic rings. The molecule has 19 heavy (non-hydrogen) atoms. The number of rotatable bonds is 6. The summed E-state index contributed by atoms with van der Waals surface area (Å²) in [5.74, 6) is 0.518. The van der Waals surface area contributed by atoms with Crippen molar-refractivity contribution in [2.24, 2.45) is 0 Å². The number of hydrogen-bond acceptors (Lipinski definition) is 3. The fraction of sp³-hybridized carbons (Fsp3) is 0.500. The van der Waals surface area contributed by atoms with Crippen LogP contribution in [0.15, 0.2) is 18.2 Å². The van der Waals surface area contributed by atoms with Gasteiger partial charge in [0.15, 0.2) is 6.29 Å². The average Bonchev–Trinajstić information content (AvgIpc) is 2.46. The third-order valence-electron chi connectivity index (χ3n) is 3.01. The van der Waals surface area contributed by atoms with Gasteiger partial charge in [0.2, 0.25) is 0 Å². The molecule has 5 heteroatoms. The van der Waals surface area contributed by atoms with Crippen molar-refractivity contribution >= 4 is 18.1 Å². The van der Waals surface area contributed by atoms with E-state index < -0.39 is 0 Å². The van der Waals surface area contributed by atoms with Crippen LogP contribution in [0, 0.1) is 0 Å². The molecule has 0 aliphatic carbocycles. The second kappa shape index (κ2) is 7.51. The van der Waals surface area contributed by atoms with E-state index in [1.54, 1.807) is 30.1 Å². The molecule has 1 aromatic rings. The van der Waals surface area contributed by atoms with Gasteiger partial charge in [-0.25, -0.2) is 9.78 Å². The number of pyridine rings is 1. The topological polar surface area (TPSA) is 62.3 Å². The highest BCUT2D eigenvalue weighted by atomic mass is 16.2. The van der Waals surface area contributed by atoms with Gasteiger partial charge in [-0.05, 0) is 25.0 Å². The van der Waals surface area contributed by atoms with Crippen LogP contribution in [0.1, 0.15) is 43.6 Å². The molecule has 2 amide bonds. The first-order valence-corrected chi connectivity index (χ1v) is 6.61. The molecule has 1 aromatic heterocycles. The number of amides is 2. The fourth-order valence-corrected chi connectivity index (χ4v) is 2.07. The van der Waals surface area contributed by atoms with E-state index in [1.165, 1.54) is 0 Å². The third-order valence-corrected chi connectivity index (χ3v) is 3.01. The Hall–Kier alpha value is -1.91. The molecule has 0 saturated carbocycles. The number of anilines is 1. The third kappa shape index (κ3) is 3.77. The van der Waals surface area contributed by atoms with Crippen molar-refractivity contribution in [1.29, 1.82) is 0 Å². The van der Waals surface area contributed by atoms with Crippen molar-refractivity contribution in [2.45, 2.75) is 39.2 Å². The lowest BCUT2D eigenvalue weighted by Crippen LogP contribution is -2.45. The number of nitrogens with one attached hydrogen (secondary N) is 1. The zero-order chi connectivity index (χ0) is 14.3. The van der Waals surface area contributed by atoms with Crippen LogP contribution < -0.4 is 10.2 Å². The van der Waals surface area contributed by atoms with E-state index in [1.807, 2.05) is 6.92 Å². The molecular weight excluding hydrogens is 242 g/mol. The molecule has 0 aromatic carbocycles. The van der Waals surface area contributed by atoms with Gasteiger partial charge >= 0.3 is 6.03 Å². The minimum atomic E-state index is -0.198. The van der Waals surface area contributed by atoms with E-state index in [4.69, 9.17) is 0 Å². The van der Waals surface area contributed by atoms with Crippen LogP contribution in [0.2, 0.25) is 0 Å². The Labute approximate surface area is 114 Å². The Kier molecular flexibility index (Phi) is 5.99. The van der Waals surface area contributed by atoms with E-state index in [0.29, 0.717) is 17.8 Å². The predicted octanol–water partition coefficient (Wildman–Crippen LogP) is 2.62. The first-order chi connectivity index (χ1) is 9.17. The van der Waals surface area contributed by atoms with Crippen molar-refractivity contribution in [2.75, 3.05) is 11.9 Å². The second-order valence-corrected chi connectivity index (χ2v) is 4.31. The molecule has 104 valence electrons. The molecule has 0 bridgehead atoms. The number of nitrogens with zero attached hydrogens (tertiary/aromatic N) is 2. The van der Waals surface area contributed by atoms with Crippen LogP contribution >= 0.6 is 0 Å². The summed E-state index contributed by atoms with van der Waals surface area (Å²) in [7, 11) is 1.59. The number of aromatic nitrogens is 1. The van der Waals surface area contributed by atoms with Gasteiger partial charge in [-0.1, -0.05) is 26.3 Å². The van der Waals surface area contributed by atoms with Gasteiger partial charge in [0.05, 0.1) is 0 Å². The Balaban J connectivity index is 3.14. The number of urea groups is 1. The summed E-state index contributed by atoms with van der Waals surface area (Å²) in [5.41, 5.74) is 0.331. The molecule has 0 radical (unpaired) electrons. The molecule has 0 saturated heterocycles. The maximum Gasteiger partial charge on any atom is 0.323 e. The highest BCUT2D eigenvalue weighted by Crippen LogP contribution is 2.19. The van der Waals surface area contributed by atoms with E-state index in [9.17, 15) is 9.59 Å². The monoisotopic (exact) mass is 263 g/mol. The van der Waals surface area contributed by atoms with E-state index in [-0.39, 0.29) is 12.1 Å². The van der Waals surface area contributed by atoms with Crippen LogP contribution in [0.25, 0.3) is 0 Å². The van der Waals surface area contributed by atoms with Gasteiger partial charge < -0.3 is 5.32 Å². The molecule has 5 nitrogen and oxygen atoms in total. The van der Waals surface area contributed by atoms with Crippen molar-refractivity contribution in [3.8, 4) is 0 Å². The molecule has 0 spiro atoms. The summed E-state index contributed by atoms with van der Waals surface area (Å²) < 4.78 is 0. The molecule has 0 fully saturated rings. The summed E-state index contributed by atoms with van der Waals surface area (Å²) in [6.07, 6.45) is 3.41. The van der Waals surface area contributed by atoms with Crippen molar-refractivity contribution in [3.63, 3.8) is 0 Å². The molecule has 1 heterocycles. The first kappa shape index (κ1) is 15.1. The normalized spacial score (nSPS) is 11.7. The first-order valence-electron chi connectivity index (χ1n) is 6.61. The molecule has 0 aliphatic heterocycles. The second-order valence-electron chi connectivity index (χ2n) is 4.31. The number of carbonyl (C=O) groups is 2. The standard InChI is InChI=1S/C14H21N3O2/c1-4-7-12(5-2)17(14(19)15-3)13-9-6-8-11(10-18)16-13/h6,8-10,12H,4-5,7H2,1-3H3,(H,15,19). The van der Waals surface area contributed by atoms with Crippen molar-refractivity contribution in [3.05, 3.63) is 23.9 Å². The Morgan fingerprint density at radius 3 is 2.74 bits per heavy atom. The molecule has 1 atom stereocenters. The maximum atomic E-state index is 12.1. The van der Waals surface area contributed by atoms with Gasteiger partial charge in [0.1, 0.15) is 11.5 Å². The predicted molar refractivity (Wildman–Crippen MR) is 75.5 cm³/mol. The lowest BCUT2D eigenvalue weighted by Gasteiger charge is -2.29. The van der Waals surface area contributed by atoms with Crippen molar-refractivity contribution in [1.82, 2.24) is 10.3 Å². The quantitative estimate of drug-likeness (QED) is 0.802. The molecule has 1 rings (SSSR count). The summed E-state index contributed by atoms with van der Waals surface area (Å²) >= 11 is 0. The SMILES string of the molecule is CCCC(CC)N(C(=O)NC)c1cccc(C=O)n1. The number of aldehydes is 1. The largest absolute Gasteiger partial charge is 0.341 e. The molecule has 1 unspecified atom stereocenters. The van der Waals surface area contributed by atoms with Crippen LogP contribution in [0.4, 0.5) is 10.6 Å². The zero-order valence-corrected chi connectivity index (χ0v) is 11.7. The maximum absolute atomic E-state index is 12.1. The van der Waals surface area contributed by atoms with E-state index in [0.717, 1.165) is 19.3 Å². The highest BCUT2D eigenvalue weighted by molar-refractivity contribution is 5.91. The van der Waals surface area contributed by atoms with Crippen LogP contribution in [-0.2, 0) is 0 Å². The summed E-state index contributed by atoms with van der Waals surface area (Å²) in [6, 6.07) is 5.00. The fourth-order valence-electron chi connectivity index (χ4n) is 2.07. The van der Waals surface area contributed by atoms with Gasteiger partial charge in [-0.3, -0.25) is 9.69 Å². The molecular formula is C14H21N3O2. The summed E-state index contributed by atoms with van der Waals surface area (Å²) in [4.78, 5) is 28.7. The Morgan fingerprint density at radius 2 is 2.21 bits per heavy atom. The van der Waals surface area contributed by atoms with Crippen LogP contribution in [0.3, 0.4) is 0 Å². The lowest BCUT2D eigenvalue weighted by molar-refractivity contribution is 0.111. The lowest BCUT2D eigenvalue weighted by atomic mass is 10.1. The van der Waals surface area contributed by atoms with Crippen molar-refractivity contribution < 1.29 is 9.59 Å². The average molecular weight is 263 g/mol. The Morgan fingerprint density at radius 1 is 1.47 bits per heavy atom. The van der Waals surface area contributed by atoms with Gasteiger partial charge in [0, 0.05) is 13.1 Å². The van der Waals surface area contributed by atoms with Gasteiger partial charge in [0.25, 0.3) is 0 Å². The zero-order valence-electron chi connectivity index (χ0n) is 11.7. The minimum absolute atomic E-state index is 0.0827. The minimum Gasteiger partial charge on any atom is -0.341 e. The van der Waals surface area contributed by atoms with Gasteiger partial charge in [-0.15, -0.1) is 0 Å².